The van der Waals surface area contributed by atoms with Crippen LogP contribution >= 0.6 is 0 Å². The third-order valence-electron chi connectivity index (χ3n) is 4.65. The predicted molar refractivity (Wildman–Crippen MR) is 75.3 cm³/mol. The molecule has 0 spiro atoms. The highest BCUT2D eigenvalue weighted by Gasteiger charge is 2.47. The minimum absolute atomic E-state index is 0.179. The average molecular weight is 276 g/mol. The van der Waals surface area contributed by atoms with Crippen LogP contribution < -0.4 is 5.73 Å². The largest absolute Gasteiger partial charge is 0.335 e. The Morgan fingerprint density at radius 1 is 1.40 bits per heavy atom. The molecule has 1 aromatic carbocycles. The highest BCUT2D eigenvalue weighted by Crippen LogP contribution is 2.44. The van der Waals surface area contributed by atoms with Crippen LogP contribution in [-0.2, 0) is 11.3 Å². The Bertz CT molecular complexity index is 503. The van der Waals surface area contributed by atoms with E-state index >= 15 is 0 Å². The summed E-state index contributed by atoms with van der Waals surface area (Å²) in [5, 5.41) is 0. The van der Waals surface area contributed by atoms with E-state index in [9.17, 15) is 9.18 Å². The number of nitrogens with zero attached hydrogens (tertiary/aromatic N) is 1. The molecular formula is C16H21FN2O. The van der Waals surface area contributed by atoms with Gasteiger partial charge >= 0.3 is 0 Å². The van der Waals surface area contributed by atoms with Gasteiger partial charge in [-0.15, -0.1) is 0 Å². The zero-order valence-corrected chi connectivity index (χ0v) is 11.6. The van der Waals surface area contributed by atoms with E-state index < -0.39 is 0 Å². The fourth-order valence-electron chi connectivity index (χ4n) is 3.00. The molecule has 2 fully saturated rings. The average Bonchev–Trinajstić information content (AvgIpc) is 3.19. The van der Waals surface area contributed by atoms with E-state index in [0.717, 1.165) is 37.7 Å². The molecule has 0 unspecified atom stereocenters. The quantitative estimate of drug-likeness (QED) is 0.898. The lowest BCUT2D eigenvalue weighted by atomic mass is 9.67. The van der Waals surface area contributed by atoms with Crippen molar-refractivity contribution in [3.05, 3.63) is 35.6 Å². The number of amides is 1. The summed E-state index contributed by atoms with van der Waals surface area (Å²) in [6.07, 6.45) is 4.99. The molecule has 0 atom stereocenters. The monoisotopic (exact) mass is 276 g/mol. The first-order valence-corrected chi connectivity index (χ1v) is 7.40. The van der Waals surface area contributed by atoms with Gasteiger partial charge in [-0.05, 0) is 43.4 Å². The maximum atomic E-state index is 13.3. The van der Waals surface area contributed by atoms with Crippen molar-refractivity contribution in [2.45, 2.75) is 44.7 Å². The Kier molecular flexibility index (Phi) is 3.50. The molecule has 2 aliphatic carbocycles. The maximum absolute atomic E-state index is 13.3. The third kappa shape index (κ3) is 2.44. The molecule has 1 amide bonds. The second-order valence-corrected chi connectivity index (χ2v) is 6.13. The van der Waals surface area contributed by atoms with E-state index in [1.165, 1.54) is 12.1 Å². The number of benzene rings is 1. The number of hydrogen-bond acceptors (Lipinski definition) is 2. The standard InChI is InChI=1S/C16H21FN2O/c17-13-4-1-3-12(9-13)10-19(14-5-6-14)15(20)16(11-18)7-2-8-16/h1,3-4,9,14H,2,5-8,10-11,18H2. The van der Waals surface area contributed by atoms with Gasteiger partial charge in [-0.3, -0.25) is 4.79 Å². The van der Waals surface area contributed by atoms with Crippen molar-refractivity contribution in [2.24, 2.45) is 11.1 Å². The zero-order valence-electron chi connectivity index (χ0n) is 11.6. The van der Waals surface area contributed by atoms with Crippen LogP contribution in [0, 0.1) is 11.2 Å². The molecule has 0 bridgehead atoms. The normalized spacial score (nSPS) is 20.3. The van der Waals surface area contributed by atoms with Crippen molar-refractivity contribution in [1.29, 1.82) is 0 Å². The van der Waals surface area contributed by atoms with Crippen LogP contribution in [0.25, 0.3) is 0 Å². The van der Waals surface area contributed by atoms with Gasteiger partial charge in [0.2, 0.25) is 5.91 Å². The predicted octanol–water partition coefficient (Wildman–Crippen LogP) is 2.45. The summed E-state index contributed by atoms with van der Waals surface area (Å²) in [6.45, 7) is 0.932. The zero-order chi connectivity index (χ0) is 14.2. The summed E-state index contributed by atoms with van der Waals surface area (Å²) in [7, 11) is 0. The first-order valence-electron chi connectivity index (χ1n) is 7.40. The molecule has 2 N–H and O–H groups in total. The summed E-state index contributed by atoms with van der Waals surface area (Å²) in [6, 6.07) is 6.84. The van der Waals surface area contributed by atoms with Gasteiger partial charge in [-0.25, -0.2) is 4.39 Å². The van der Waals surface area contributed by atoms with E-state index in [1.807, 2.05) is 11.0 Å². The van der Waals surface area contributed by atoms with E-state index in [-0.39, 0.29) is 17.1 Å². The molecule has 4 heteroatoms. The fraction of sp³-hybridized carbons (Fsp3) is 0.562. The highest BCUT2D eigenvalue weighted by molar-refractivity contribution is 5.84. The van der Waals surface area contributed by atoms with Gasteiger partial charge in [0.25, 0.3) is 0 Å². The second kappa shape index (κ2) is 5.17. The highest BCUT2D eigenvalue weighted by atomic mass is 19.1. The minimum Gasteiger partial charge on any atom is -0.335 e. The van der Waals surface area contributed by atoms with Crippen molar-refractivity contribution in [2.75, 3.05) is 6.54 Å². The van der Waals surface area contributed by atoms with Crippen molar-refractivity contribution in [3.8, 4) is 0 Å². The van der Waals surface area contributed by atoms with Crippen LogP contribution in [0.15, 0.2) is 24.3 Å². The van der Waals surface area contributed by atoms with Crippen molar-refractivity contribution < 1.29 is 9.18 Å². The molecule has 0 heterocycles. The molecule has 108 valence electrons. The lowest BCUT2D eigenvalue weighted by Crippen LogP contribution is -2.52. The number of carbonyl (C=O) groups excluding carboxylic acids is 1. The Balaban J connectivity index is 1.77. The van der Waals surface area contributed by atoms with Crippen molar-refractivity contribution in [1.82, 2.24) is 4.90 Å². The summed E-state index contributed by atoms with van der Waals surface area (Å²) >= 11 is 0. The number of rotatable bonds is 5. The molecular weight excluding hydrogens is 255 g/mol. The molecule has 3 nitrogen and oxygen atoms in total. The maximum Gasteiger partial charge on any atom is 0.230 e. The molecule has 2 aliphatic rings. The van der Waals surface area contributed by atoms with Crippen LogP contribution in [-0.4, -0.2) is 23.4 Å². The van der Waals surface area contributed by atoms with E-state index in [1.54, 1.807) is 6.07 Å². The first kappa shape index (κ1) is 13.6. The van der Waals surface area contributed by atoms with Crippen LogP contribution in [0.3, 0.4) is 0 Å². The van der Waals surface area contributed by atoms with Crippen molar-refractivity contribution in [3.63, 3.8) is 0 Å². The smallest absolute Gasteiger partial charge is 0.230 e. The topological polar surface area (TPSA) is 46.3 Å². The molecule has 0 radical (unpaired) electrons. The second-order valence-electron chi connectivity index (χ2n) is 6.13. The lowest BCUT2D eigenvalue weighted by Gasteiger charge is -2.43. The van der Waals surface area contributed by atoms with Gasteiger partial charge in [-0.2, -0.15) is 0 Å². The first-order chi connectivity index (χ1) is 9.64. The SMILES string of the molecule is NCC1(C(=O)N(Cc2cccc(F)c2)C2CC2)CCC1. The third-order valence-corrected chi connectivity index (χ3v) is 4.65. The van der Waals surface area contributed by atoms with Gasteiger partial charge in [0, 0.05) is 19.1 Å². The van der Waals surface area contributed by atoms with E-state index in [4.69, 9.17) is 5.73 Å². The lowest BCUT2D eigenvalue weighted by molar-refractivity contribution is -0.148. The van der Waals surface area contributed by atoms with Crippen LogP contribution in [0.2, 0.25) is 0 Å². The van der Waals surface area contributed by atoms with E-state index in [2.05, 4.69) is 0 Å². The molecule has 3 rings (SSSR count). The Morgan fingerprint density at radius 2 is 2.15 bits per heavy atom. The van der Waals surface area contributed by atoms with Crippen molar-refractivity contribution >= 4 is 5.91 Å². The molecule has 0 aliphatic heterocycles. The Morgan fingerprint density at radius 3 is 2.65 bits per heavy atom. The number of hydrogen-bond donors (Lipinski definition) is 1. The van der Waals surface area contributed by atoms with Gasteiger partial charge in [-0.1, -0.05) is 18.6 Å². The summed E-state index contributed by atoms with van der Waals surface area (Å²) in [5.41, 5.74) is 6.36. The molecule has 1 aromatic rings. The summed E-state index contributed by atoms with van der Waals surface area (Å²) in [5.74, 6) is -0.0686. The molecule has 2 saturated carbocycles. The molecule has 20 heavy (non-hydrogen) atoms. The van der Waals surface area contributed by atoms with Gasteiger partial charge in [0.1, 0.15) is 5.82 Å². The molecule has 0 aromatic heterocycles. The van der Waals surface area contributed by atoms with Crippen LogP contribution in [0.4, 0.5) is 4.39 Å². The summed E-state index contributed by atoms with van der Waals surface area (Å²) in [4.78, 5) is 14.7. The van der Waals surface area contributed by atoms with Gasteiger partial charge < -0.3 is 10.6 Å². The number of nitrogens with two attached hydrogens (primary N) is 1. The van der Waals surface area contributed by atoms with E-state index in [0.29, 0.717) is 19.1 Å². The van der Waals surface area contributed by atoms with Gasteiger partial charge in [0.15, 0.2) is 0 Å². The van der Waals surface area contributed by atoms with Crippen LogP contribution in [0.5, 0.6) is 0 Å². The molecule has 0 saturated heterocycles. The Labute approximate surface area is 118 Å². The Hall–Kier alpha value is -1.42. The number of halogens is 1. The summed E-state index contributed by atoms with van der Waals surface area (Å²) < 4.78 is 13.3. The van der Waals surface area contributed by atoms with Gasteiger partial charge in [0.05, 0.1) is 5.41 Å². The number of carbonyl (C=O) groups is 1. The fourth-order valence-corrected chi connectivity index (χ4v) is 3.00. The minimum atomic E-state index is -0.337. The van der Waals surface area contributed by atoms with Crippen LogP contribution in [0.1, 0.15) is 37.7 Å².